The second-order valence-electron chi connectivity index (χ2n) is 6.68. The number of nitrogens with two attached hydrogens (primary N) is 1. The van der Waals surface area contributed by atoms with Crippen LogP contribution in [0, 0.1) is 11.6 Å². The van der Waals surface area contributed by atoms with E-state index in [0.29, 0.717) is 17.0 Å². The molecule has 0 amide bonds. The maximum absolute atomic E-state index is 14.4. The molecule has 0 atom stereocenters. The first-order valence-corrected chi connectivity index (χ1v) is 8.95. The zero-order valence-electron chi connectivity index (χ0n) is 15.1. The molecule has 0 fully saturated rings. The van der Waals surface area contributed by atoms with Crippen molar-refractivity contribution in [2.45, 2.75) is 0 Å². The topological polar surface area (TPSA) is 64.7 Å². The van der Waals surface area contributed by atoms with Gasteiger partial charge in [-0.25, -0.2) is 18.7 Å². The molecule has 3 aromatic heterocycles. The third-order valence-electron chi connectivity index (χ3n) is 4.93. The monoisotopic (exact) mass is 384 g/mol. The summed E-state index contributed by atoms with van der Waals surface area (Å²) in [5.41, 5.74) is 9.26. The Kier molecular flexibility index (Phi) is 3.91. The van der Waals surface area contributed by atoms with Gasteiger partial charge < -0.3 is 5.73 Å². The number of anilines is 1. The summed E-state index contributed by atoms with van der Waals surface area (Å²) >= 11 is 0. The Morgan fingerprint density at radius 1 is 0.759 bits per heavy atom. The number of rotatable bonds is 2. The fourth-order valence-corrected chi connectivity index (χ4v) is 3.56. The molecule has 140 valence electrons. The van der Waals surface area contributed by atoms with Crippen molar-refractivity contribution in [2.75, 3.05) is 5.73 Å². The molecule has 6 heteroatoms. The molecule has 0 aliphatic rings. The van der Waals surface area contributed by atoms with E-state index in [1.54, 1.807) is 24.7 Å². The fourth-order valence-electron chi connectivity index (χ4n) is 3.56. The Hall–Kier alpha value is -3.93. The van der Waals surface area contributed by atoms with Crippen LogP contribution in [0.3, 0.4) is 0 Å². The number of hydrogen-bond donors (Lipinski definition) is 1. The lowest BCUT2D eigenvalue weighted by atomic mass is 9.95. The molecule has 5 rings (SSSR count). The molecular formula is C23H14F2N4. The molecule has 0 bridgehead atoms. The fraction of sp³-hybridized carbons (Fsp3) is 0. The summed E-state index contributed by atoms with van der Waals surface area (Å²) in [6.45, 7) is 0. The summed E-state index contributed by atoms with van der Waals surface area (Å²) in [6.07, 6.45) is 5.03. The predicted molar refractivity (Wildman–Crippen MR) is 110 cm³/mol. The van der Waals surface area contributed by atoms with Crippen molar-refractivity contribution < 1.29 is 8.78 Å². The molecule has 0 aliphatic carbocycles. The minimum absolute atomic E-state index is 0.0835. The van der Waals surface area contributed by atoms with Gasteiger partial charge in [0, 0.05) is 40.6 Å². The third-order valence-corrected chi connectivity index (χ3v) is 4.93. The van der Waals surface area contributed by atoms with Crippen molar-refractivity contribution >= 4 is 27.5 Å². The number of benzene rings is 2. The van der Waals surface area contributed by atoms with Crippen LogP contribution in [0.2, 0.25) is 0 Å². The molecule has 2 aromatic carbocycles. The maximum atomic E-state index is 14.4. The van der Waals surface area contributed by atoms with Gasteiger partial charge in [0.15, 0.2) is 5.65 Å². The van der Waals surface area contributed by atoms with E-state index in [1.807, 2.05) is 30.3 Å². The van der Waals surface area contributed by atoms with Crippen LogP contribution in [0.5, 0.6) is 0 Å². The first kappa shape index (κ1) is 17.2. The molecule has 0 saturated carbocycles. The van der Waals surface area contributed by atoms with Gasteiger partial charge in [-0.15, -0.1) is 0 Å². The highest BCUT2D eigenvalue weighted by Crippen LogP contribution is 2.37. The van der Waals surface area contributed by atoms with Gasteiger partial charge in [0.05, 0.1) is 5.69 Å². The molecule has 0 spiro atoms. The zero-order chi connectivity index (χ0) is 20.0. The van der Waals surface area contributed by atoms with E-state index < -0.39 is 11.6 Å². The lowest BCUT2D eigenvalue weighted by Gasteiger charge is -2.13. The highest BCUT2D eigenvalue weighted by Gasteiger charge is 2.16. The van der Waals surface area contributed by atoms with E-state index in [0.717, 1.165) is 45.5 Å². The van der Waals surface area contributed by atoms with Crippen molar-refractivity contribution in [3.8, 4) is 22.4 Å². The second kappa shape index (κ2) is 6.60. The van der Waals surface area contributed by atoms with Crippen LogP contribution in [0.1, 0.15) is 0 Å². The Balaban J connectivity index is 1.88. The molecule has 5 aromatic rings. The van der Waals surface area contributed by atoms with Gasteiger partial charge in [-0.1, -0.05) is 6.07 Å². The van der Waals surface area contributed by atoms with Crippen LogP contribution in [-0.2, 0) is 0 Å². The smallest absolute Gasteiger partial charge is 0.160 e. The molecule has 4 nitrogen and oxygen atoms in total. The third kappa shape index (κ3) is 2.86. The quantitative estimate of drug-likeness (QED) is 0.416. The number of nitrogens with zero attached hydrogens (tertiary/aromatic N) is 3. The largest absolute Gasteiger partial charge is 0.398 e. The van der Waals surface area contributed by atoms with Gasteiger partial charge in [-0.05, 0) is 65.0 Å². The Morgan fingerprint density at radius 2 is 1.66 bits per heavy atom. The average molecular weight is 384 g/mol. The minimum atomic E-state index is -0.550. The lowest BCUT2D eigenvalue weighted by molar-refractivity contribution is 0.602. The van der Waals surface area contributed by atoms with Crippen LogP contribution in [0.15, 0.2) is 73.2 Å². The Morgan fingerprint density at radius 3 is 2.55 bits per heavy atom. The van der Waals surface area contributed by atoms with Gasteiger partial charge >= 0.3 is 0 Å². The number of halogens is 2. The van der Waals surface area contributed by atoms with Gasteiger partial charge in [0.1, 0.15) is 11.6 Å². The molecular weight excluding hydrogens is 370 g/mol. The van der Waals surface area contributed by atoms with Crippen molar-refractivity contribution in [3.63, 3.8) is 0 Å². The number of nitrogen functional groups attached to an aromatic ring is 1. The predicted octanol–water partition coefficient (Wildman–Crippen LogP) is 5.37. The van der Waals surface area contributed by atoms with Gasteiger partial charge in [0.25, 0.3) is 0 Å². The van der Waals surface area contributed by atoms with E-state index in [4.69, 9.17) is 5.73 Å². The number of aromatic nitrogens is 3. The molecule has 0 radical (unpaired) electrons. The maximum Gasteiger partial charge on any atom is 0.160 e. The van der Waals surface area contributed by atoms with Crippen LogP contribution >= 0.6 is 0 Å². The zero-order valence-corrected chi connectivity index (χ0v) is 15.1. The lowest BCUT2D eigenvalue weighted by Crippen LogP contribution is -1.96. The van der Waals surface area contributed by atoms with Crippen molar-refractivity contribution in [3.05, 3.63) is 84.8 Å². The van der Waals surface area contributed by atoms with Gasteiger partial charge in [0.2, 0.25) is 0 Å². The van der Waals surface area contributed by atoms with E-state index in [2.05, 4.69) is 15.0 Å². The van der Waals surface area contributed by atoms with E-state index in [1.165, 1.54) is 0 Å². The molecule has 3 heterocycles. The highest BCUT2D eigenvalue weighted by atomic mass is 19.1. The summed E-state index contributed by atoms with van der Waals surface area (Å²) in [5, 5.41) is 2.52. The average Bonchev–Trinajstić information content (AvgIpc) is 2.75. The number of fused-ring (bicyclic) bond motifs is 2. The van der Waals surface area contributed by atoms with Crippen LogP contribution in [-0.4, -0.2) is 15.0 Å². The summed E-state index contributed by atoms with van der Waals surface area (Å²) in [7, 11) is 0. The van der Waals surface area contributed by atoms with Crippen molar-refractivity contribution in [2.24, 2.45) is 0 Å². The number of pyridine rings is 3. The van der Waals surface area contributed by atoms with Gasteiger partial charge in [-0.2, -0.15) is 0 Å². The summed E-state index contributed by atoms with van der Waals surface area (Å²) in [6, 6.07) is 14.4. The molecule has 0 aliphatic heterocycles. The van der Waals surface area contributed by atoms with Crippen molar-refractivity contribution in [1.29, 1.82) is 0 Å². The first-order valence-electron chi connectivity index (χ1n) is 8.95. The Bertz CT molecular complexity index is 1400. The van der Waals surface area contributed by atoms with Crippen LogP contribution in [0.25, 0.3) is 44.2 Å². The highest BCUT2D eigenvalue weighted by molar-refractivity contribution is 6.07. The van der Waals surface area contributed by atoms with Crippen LogP contribution in [0.4, 0.5) is 14.5 Å². The normalized spacial score (nSPS) is 11.2. The molecule has 2 N–H and O–H groups in total. The first-order chi connectivity index (χ1) is 14.1. The molecule has 0 unspecified atom stereocenters. The second-order valence-corrected chi connectivity index (χ2v) is 6.68. The van der Waals surface area contributed by atoms with E-state index >= 15 is 0 Å². The Labute approximate surface area is 164 Å². The van der Waals surface area contributed by atoms with E-state index in [9.17, 15) is 8.78 Å². The SMILES string of the molecule is Nc1ccc(-c2cc(-c3cc(F)ccc3F)nc3ncccc23)c2ccncc12. The standard InChI is InChI=1S/C23H14F2N4/c24-13-3-5-20(25)18(10-13)22-11-17(16-2-1-8-28-23(16)29-22)14-4-6-21(26)19-12-27-9-7-15(14)19/h1-12H,26H2. The number of hydrogen-bond acceptors (Lipinski definition) is 4. The van der Waals surface area contributed by atoms with Crippen LogP contribution < -0.4 is 5.73 Å². The van der Waals surface area contributed by atoms with Crippen molar-refractivity contribution in [1.82, 2.24) is 15.0 Å². The summed E-state index contributed by atoms with van der Waals surface area (Å²) in [5.74, 6) is -1.08. The molecule has 0 saturated heterocycles. The van der Waals surface area contributed by atoms with Gasteiger partial charge in [-0.3, -0.25) is 4.98 Å². The summed E-state index contributed by atoms with van der Waals surface area (Å²) < 4.78 is 28.2. The van der Waals surface area contributed by atoms with E-state index in [-0.39, 0.29) is 5.56 Å². The minimum Gasteiger partial charge on any atom is -0.398 e. The summed E-state index contributed by atoms with van der Waals surface area (Å²) in [4.78, 5) is 13.0. The molecule has 29 heavy (non-hydrogen) atoms.